The fraction of sp³-hybridized carbons (Fsp3) is 0.389. The Kier molecular flexibility index (Phi) is 4.42. The molecular weight excluding hydrogens is 288 g/mol. The molecule has 3 rings (SSSR count). The van der Waals surface area contributed by atoms with Gasteiger partial charge < -0.3 is 9.64 Å². The van der Waals surface area contributed by atoms with Gasteiger partial charge in [0.25, 0.3) is 0 Å². The first-order valence-corrected chi connectivity index (χ1v) is 7.88. The molecule has 2 heterocycles. The molecular formula is C18H20N4O. The van der Waals surface area contributed by atoms with Gasteiger partial charge in [-0.2, -0.15) is 5.26 Å². The second-order valence-corrected chi connectivity index (χ2v) is 5.87. The first-order valence-electron chi connectivity index (χ1n) is 7.88. The van der Waals surface area contributed by atoms with Gasteiger partial charge in [-0.1, -0.05) is 6.07 Å². The Morgan fingerprint density at radius 1 is 1.26 bits per heavy atom. The van der Waals surface area contributed by atoms with Crippen LogP contribution in [0, 0.1) is 25.2 Å². The van der Waals surface area contributed by atoms with Crippen molar-refractivity contribution in [3.8, 4) is 11.8 Å². The number of ether oxygens (including phenoxy) is 1. The van der Waals surface area contributed by atoms with Crippen LogP contribution in [-0.4, -0.2) is 29.2 Å². The van der Waals surface area contributed by atoms with E-state index in [-0.39, 0.29) is 6.10 Å². The van der Waals surface area contributed by atoms with Crippen molar-refractivity contribution in [2.45, 2.75) is 32.8 Å². The molecule has 2 aromatic rings. The minimum Gasteiger partial charge on any atom is -0.490 e. The molecule has 1 fully saturated rings. The van der Waals surface area contributed by atoms with Gasteiger partial charge in [-0.15, -0.1) is 0 Å². The summed E-state index contributed by atoms with van der Waals surface area (Å²) in [7, 11) is 0. The van der Waals surface area contributed by atoms with Gasteiger partial charge in [-0.3, -0.25) is 0 Å². The zero-order chi connectivity index (χ0) is 16.2. The Labute approximate surface area is 136 Å². The molecule has 0 bridgehead atoms. The zero-order valence-corrected chi connectivity index (χ0v) is 13.5. The normalized spacial score (nSPS) is 15.3. The summed E-state index contributed by atoms with van der Waals surface area (Å²) in [6, 6.07) is 9.49. The van der Waals surface area contributed by atoms with Crippen LogP contribution < -0.4 is 9.64 Å². The van der Waals surface area contributed by atoms with Crippen LogP contribution in [0.25, 0.3) is 0 Å². The molecule has 5 nitrogen and oxygen atoms in total. The van der Waals surface area contributed by atoms with E-state index in [9.17, 15) is 0 Å². The van der Waals surface area contributed by atoms with Gasteiger partial charge in [0, 0.05) is 37.7 Å². The van der Waals surface area contributed by atoms with Crippen molar-refractivity contribution in [2.75, 3.05) is 18.0 Å². The van der Waals surface area contributed by atoms with Crippen LogP contribution in [0.5, 0.6) is 5.75 Å². The first kappa shape index (κ1) is 15.3. The molecule has 1 aromatic carbocycles. The number of aromatic nitrogens is 2. The number of benzene rings is 1. The Hall–Kier alpha value is -2.61. The second-order valence-electron chi connectivity index (χ2n) is 5.87. The van der Waals surface area contributed by atoms with Gasteiger partial charge in [-0.25, -0.2) is 9.97 Å². The third-order valence-corrected chi connectivity index (χ3v) is 4.07. The summed E-state index contributed by atoms with van der Waals surface area (Å²) < 4.78 is 6.03. The van der Waals surface area contributed by atoms with Gasteiger partial charge in [0.2, 0.25) is 0 Å². The fourth-order valence-electron chi connectivity index (χ4n) is 2.86. The Morgan fingerprint density at radius 3 is 2.78 bits per heavy atom. The Morgan fingerprint density at radius 2 is 2.04 bits per heavy atom. The predicted molar refractivity (Wildman–Crippen MR) is 88.5 cm³/mol. The van der Waals surface area contributed by atoms with E-state index in [1.54, 1.807) is 12.1 Å². The third-order valence-electron chi connectivity index (χ3n) is 4.07. The molecule has 1 aliphatic heterocycles. The number of rotatable bonds is 3. The highest BCUT2D eigenvalue weighted by molar-refractivity contribution is 5.45. The van der Waals surface area contributed by atoms with Gasteiger partial charge in [-0.05, 0) is 32.0 Å². The number of hydrogen-bond donors (Lipinski definition) is 0. The van der Waals surface area contributed by atoms with Crippen molar-refractivity contribution in [3.05, 3.63) is 47.4 Å². The second kappa shape index (κ2) is 6.66. The molecule has 0 saturated carbocycles. The first-order chi connectivity index (χ1) is 11.2. The summed E-state index contributed by atoms with van der Waals surface area (Å²) in [6.07, 6.45) is 3.95. The number of piperidine rings is 1. The number of hydrogen-bond acceptors (Lipinski definition) is 5. The molecule has 1 aromatic heterocycles. The van der Waals surface area contributed by atoms with Crippen molar-refractivity contribution >= 4 is 5.82 Å². The third kappa shape index (κ3) is 3.59. The molecule has 118 valence electrons. The number of nitriles is 1. The van der Waals surface area contributed by atoms with Crippen LogP contribution in [0.15, 0.2) is 30.5 Å². The Bertz CT molecular complexity index is 730. The lowest BCUT2D eigenvalue weighted by Gasteiger charge is -2.33. The van der Waals surface area contributed by atoms with Crippen molar-refractivity contribution in [1.29, 1.82) is 5.26 Å². The highest BCUT2D eigenvalue weighted by Crippen LogP contribution is 2.24. The molecule has 0 N–H and O–H groups in total. The van der Waals surface area contributed by atoms with E-state index in [0.29, 0.717) is 5.56 Å². The van der Waals surface area contributed by atoms with Crippen molar-refractivity contribution < 1.29 is 4.74 Å². The summed E-state index contributed by atoms with van der Waals surface area (Å²) in [5.74, 6) is 2.61. The molecule has 0 amide bonds. The van der Waals surface area contributed by atoms with E-state index in [4.69, 9.17) is 10.00 Å². The van der Waals surface area contributed by atoms with Crippen LogP contribution in [0.3, 0.4) is 0 Å². The minimum atomic E-state index is 0.184. The zero-order valence-electron chi connectivity index (χ0n) is 13.5. The standard InChI is InChI=1S/C18H20N4O/c1-13-12-20-14(2)21-18(13)22-8-6-16(7-9-22)23-17-5-3-4-15(10-17)11-19/h3-5,10,12,16H,6-9H2,1-2H3. The summed E-state index contributed by atoms with van der Waals surface area (Å²) in [5, 5.41) is 8.95. The molecule has 0 spiro atoms. The molecule has 0 unspecified atom stereocenters. The van der Waals surface area contributed by atoms with Crippen LogP contribution in [0.1, 0.15) is 29.8 Å². The SMILES string of the molecule is Cc1ncc(C)c(N2CCC(Oc3cccc(C#N)c3)CC2)n1. The average Bonchev–Trinajstić information content (AvgIpc) is 2.58. The average molecular weight is 308 g/mol. The molecule has 1 saturated heterocycles. The predicted octanol–water partition coefficient (Wildman–Crippen LogP) is 3.01. The summed E-state index contributed by atoms with van der Waals surface area (Å²) in [5.41, 5.74) is 1.74. The van der Waals surface area contributed by atoms with Gasteiger partial charge >= 0.3 is 0 Å². The van der Waals surface area contributed by atoms with Crippen LogP contribution in [0.2, 0.25) is 0 Å². The van der Waals surface area contributed by atoms with E-state index >= 15 is 0 Å². The molecule has 0 atom stereocenters. The number of aryl methyl sites for hydroxylation is 2. The number of anilines is 1. The van der Waals surface area contributed by atoms with Crippen LogP contribution >= 0.6 is 0 Å². The van der Waals surface area contributed by atoms with Crippen molar-refractivity contribution in [3.63, 3.8) is 0 Å². The quantitative estimate of drug-likeness (QED) is 0.872. The lowest BCUT2D eigenvalue weighted by molar-refractivity contribution is 0.170. The van der Waals surface area contributed by atoms with Crippen LogP contribution in [0.4, 0.5) is 5.82 Å². The summed E-state index contributed by atoms with van der Waals surface area (Å²) >= 11 is 0. The largest absolute Gasteiger partial charge is 0.490 e. The van der Waals surface area contributed by atoms with Gasteiger partial charge in [0.1, 0.15) is 23.5 Å². The minimum absolute atomic E-state index is 0.184. The highest BCUT2D eigenvalue weighted by atomic mass is 16.5. The summed E-state index contributed by atoms with van der Waals surface area (Å²) in [6.45, 7) is 5.80. The molecule has 0 aliphatic carbocycles. The lowest BCUT2D eigenvalue weighted by atomic mass is 10.1. The molecule has 1 aliphatic rings. The van der Waals surface area contributed by atoms with Crippen molar-refractivity contribution in [2.24, 2.45) is 0 Å². The van der Waals surface area contributed by atoms with E-state index in [2.05, 4.69) is 20.9 Å². The lowest BCUT2D eigenvalue weighted by Crippen LogP contribution is -2.39. The van der Waals surface area contributed by atoms with E-state index < -0.39 is 0 Å². The summed E-state index contributed by atoms with van der Waals surface area (Å²) in [4.78, 5) is 11.1. The molecule has 23 heavy (non-hydrogen) atoms. The van der Waals surface area contributed by atoms with E-state index in [0.717, 1.165) is 48.9 Å². The van der Waals surface area contributed by atoms with Gasteiger partial charge in [0.15, 0.2) is 0 Å². The molecule has 0 radical (unpaired) electrons. The smallest absolute Gasteiger partial charge is 0.135 e. The van der Waals surface area contributed by atoms with Crippen molar-refractivity contribution in [1.82, 2.24) is 9.97 Å². The maximum absolute atomic E-state index is 8.95. The maximum Gasteiger partial charge on any atom is 0.135 e. The van der Waals surface area contributed by atoms with Crippen LogP contribution in [-0.2, 0) is 0 Å². The number of nitrogens with zero attached hydrogens (tertiary/aromatic N) is 4. The van der Waals surface area contributed by atoms with Gasteiger partial charge in [0.05, 0.1) is 11.6 Å². The van der Waals surface area contributed by atoms with E-state index in [1.807, 2.05) is 32.2 Å². The Balaban J connectivity index is 1.62. The topological polar surface area (TPSA) is 62.0 Å². The van der Waals surface area contributed by atoms with E-state index in [1.165, 1.54) is 0 Å². The monoisotopic (exact) mass is 308 g/mol. The fourth-order valence-corrected chi connectivity index (χ4v) is 2.86. The maximum atomic E-state index is 8.95. The molecule has 5 heteroatoms. The highest BCUT2D eigenvalue weighted by Gasteiger charge is 2.22.